The van der Waals surface area contributed by atoms with E-state index in [0.717, 1.165) is 30.2 Å². The van der Waals surface area contributed by atoms with Crippen LogP contribution in [0.2, 0.25) is 0 Å². The van der Waals surface area contributed by atoms with Crippen LogP contribution in [0.1, 0.15) is 19.3 Å². The van der Waals surface area contributed by atoms with Crippen molar-refractivity contribution in [2.75, 3.05) is 23.3 Å². The van der Waals surface area contributed by atoms with Crippen LogP contribution in [-0.2, 0) is 11.3 Å². The predicted molar refractivity (Wildman–Crippen MR) is 113 cm³/mol. The molecule has 3 aromatic rings. The number of aromatic amines is 1. The fraction of sp³-hybridized carbons (Fsp3) is 0.286. The Hall–Kier alpha value is -3.75. The third-order valence-corrected chi connectivity index (χ3v) is 5.00. The number of H-pyrrole nitrogens is 1. The second kappa shape index (κ2) is 8.73. The number of hydrogen-bond acceptors (Lipinski definition) is 6. The molecule has 0 saturated carbocycles. The third-order valence-electron chi connectivity index (χ3n) is 5.00. The van der Waals surface area contributed by atoms with Crippen LogP contribution in [-0.4, -0.2) is 38.7 Å². The molecule has 154 valence electrons. The molecule has 1 aliphatic rings. The molecule has 1 saturated heterocycles. The number of amides is 1. The van der Waals surface area contributed by atoms with Crippen LogP contribution in [0.4, 0.5) is 11.5 Å². The van der Waals surface area contributed by atoms with Crippen molar-refractivity contribution in [2.45, 2.75) is 25.8 Å². The molecule has 0 unspecified atom stereocenters. The first-order chi connectivity index (χ1) is 14.6. The normalized spacial score (nSPS) is 13.4. The predicted octanol–water partition coefficient (Wildman–Crippen LogP) is 1.62. The highest BCUT2D eigenvalue weighted by Crippen LogP contribution is 2.23. The van der Waals surface area contributed by atoms with Crippen LogP contribution < -0.4 is 21.5 Å². The molecule has 1 aliphatic heterocycles. The Balaban J connectivity index is 1.39. The summed E-state index contributed by atoms with van der Waals surface area (Å²) in [5.41, 5.74) is 1.22. The van der Waals surface area contributed by atoms with Crippen LogP contribution in [0, 0.1) is 0 Å². The van der Waals surface area contributed by atoms with Crippen molar-refractivity contribution in [3.05, 3.63) is 69.5 Å². The minimum Gasteiger partial charge on any atom is -0.355 e. The molecule has 1 aromatic carbocycles. The highest BCUT2D eigenvalue weighted by Gasteiger charge is 2.14. The Morgan fingerprint density at radius 1 is 1.07 bits per heavy atom. The Morgan fingerprint density at radius 3 is 2.63 bits per heavy atom. The lowest BCUT2D eigenvalue weighted by Gasteiger charge is -2.15. The quantitative estimate of drug-likeness (QED) is 0.643. The number of aromatic nitrogens is 4. The number of nitrogens with one attached hydrogen (secondary N) is 2. The first kappa shape index (κ1) is 19.6. The van der Waals surface area contributed by atoms with Crippen molar-refractivity contribution in [1.82, 2.24) is 19.7 Å². The Bertz CT molecular complexity index is 1150. The van der Waals surface area contributed by atoms with Gasteiger partial charge in [-0.25, -0.2) is 4.79 Å². The molecule has 30 heavy (non-hydrogen) atoms. The fourth-order valence-corrected chi connectivity index (χ4v) is 3.42. The van der Waals surface area contributed by atoms with Gasteiger partial charge in [0.1, 0.15) is 0 Å². The van der Waals surface area contributed by atoms with Crippen molar-refractivity contribution < 1.29 is 4.79 Å². The lowest BCUT2D eigenvalue weighted by atomic mass is 10.1. The molecule has 1 fully saturated rings. The van der Waals surface area contributed by atoms with E-state index in [4.69, 9.17) is 0 Å². The zero-order chi connectivity index (χ0) is 20.9. The summed E-state index contributed by atoms with van der Waals surface area (Å²) in [6.45, 7) is 2.20. The van der Waals surface area contributed by atoms with Gasteiger partial charge in [0.05, 0.1) is 5.69 Å². The minimum absolute atomic E-state index is 0.0977. The van der Waals surface area contributed by atoms with Gasteiger partial charge in [-0.05, 0) is 37.1 Å². The standard InChI is InChI=1S/C21H22N6O3/c28-19(8-12-27-13-9-20(29)23-21(27)30)22-16-5-3-4-15(14-16)17-6-7-18(25-24-17)26-10-1-2-11-26/h3-7,9,13-14H,1-2,8,10-12H2,(H,22,28)(H,23,29,30). The zero-order valence-electron chi connectivity index (χ0n) is 16.4. The highest BCUT2D eigenvalue weighted by molar-refractivity contribution is 5.91. The van der Waals surface area contributed by atoms with Gasteiger partial charge in [-0.1, -0.05) is 12.1 Å². The van der Waals surface area contributed by atoms with E-state index in [0.29, 0.717) is 5.69 Å². The maximum absolute atomic E-state index is 12.3. The van der Waals surface area contributed by atoms with Crippen molar-refractivity contribution in [3.63, 3.8) is 0 Å². The van der Waals surface area contributed by atoms with E-state index in [1.54, 1.807) is 6.07 Å². The average molecular weight is 406 g/mol. The Morgan fingerprint density at radius 2 is 1.90 bits per heavy atom. The molecule has 0 aliphatic carbocycles. The lowest BCUT2D eigenvalue weighted by Crippen LogP contribution is -2.29. The van der Waals surface area contributed by atoms with Gasteiger partial charge in [0.2, 0.25) is 5.91 Å². The molecule has 2 aromatic heterocycles. The van der Waals surface area contributed by atoms with Crippen molar-refractivity contribution >= 4 is 17.4 Å². The summed E-state index contributed by atoms with van der Waals surface area (Å²) in [7, 11) is 0. The van der Waals surface area contributed by atoms with Gasteiger partial charge in [0.25, 0.3) is 5.56 Å². The van der Waals surface area contributed by atoms with Gasteiger partial charge in [0, 0.05) is 49.6 Å². The Labute approximate surface area is 172 Å². The van der Waals surface area contributed by atoms with E-state index in [2.05, 4.69) is 25.4 Å². The van der Waals surface area contributed by atoms with Crippen LogP contribution in [0.25, 0.3) is 11.3 Å². The monoisotopic (exact) mass is 406 g/mol. The summed E-state index contributed by atoms with van der Waals surface area (Å²) < 4.78 is 1.29. The number of anilines is 2. The molecule has 9 heteroatoms. The molecule has 0 radical (unpaired) electrons. The number of carbonyl (C=O) groups is 1. The van der Waals surface area contributed by atoms with Crippen molar-refractivity contribution in [3.8, 4) is 11.3 Å². The number of rotatable bonds is 6. The van der Waals surface area contributed by atoms with E-state index in [1.807, 2.05) is 30.3 Å². The first-order valence-corrected chi connectivity index (χ1v) is 9.87. The molecule has 9 nitrogen and oxygen atoms in total. The van der Waals surface area contributed by atoms with Gasteiger partial charge in [-0.3, -0.25) is 14.6 Å². The summed E-state index contributed by atoms with van der Waals surface area (Å²) in [4.78, 5) is 39.4. The second-order valence-electron chi connectivity index (χ2n) is 7.15. The second-order valence-corrected chi connectivity index (χ2v) is 7.15. The number of hydrogen-bond donors (Lipinski definition) is 2. The minimum atomic E-state index is -0.534. The van der Waals surface area contributed by atoms with Crippen LogP contribution in [0.3, 0.4) is 0 Å². The van der Waals surface area contributed by atoms with E-state index >= 15 is 0 Å². The molecule has 1 amide bonds. The summed E-state index contributed by atoms with van der Waals surface area (Å²) >= 11 is 0. The summed E-state index contributed by atoms with van der Waals surface area (Å²) in [5, 5.41) is 11.5. The first-order valence-electron chi connectivity index (χ1n) is 9.87. The van der Waals surface area contributed by atoms with E-state index in [9.17, 15) is 14.4 Å². The molecule has 0 atom stereocenters. The number of aryl methyl sites for hydroxylation is 1. The fourth-order valence-electron chi connectivity index (χ4n) is 3.42. The number of nitrogens with zero attached hydrogens (tertiary/aromatic N) is 4. The summed E-state index contributed by atoms with van der Waals surface area (Å²) in [5.74, 6) is 0.652. The summed E-state index contributed by atoms with van der Waals surface area (Å²) in [6.07, 6.45) is 3.84. The Kier molecular flexibility index (Phi) is 5.69. The van der Waals surface area contributed by atoms with Crippen LogP contribution in [0.5, 0.6) is 0 Å². The number of benzene rings is 1. The van der Waals surface area contributed by atoms with E-state index in [1.165, 1.54) is 29.7 Å². The van der Waals surface area contributed by atoms with E-state index < -0.39 is 11.2 Å². The smallest absolute Gasteiger partial charge is 0.328 e. The van der Waals surface area contributed by atoms with Gasteiger partial charge < -0.3 is 14.8 Å². The molecule has 0 bridgehead atoms. The van der Waals surface area contributed by atoms with Gasteiger partial charge in [-0.15, -0.1) is 10.2 Å². The third kappa shape index (κ3) is 4.62. The SMILES string of the molecule is O=C(CCn1ccc(=O)[nH]c1=O)Nc1cccc(-c2ccc(N3CCCC3)nn2)c1. The lowest BCUT2D eigenvalue weighted by molar-refractivity contribution is -0.116. The molecular weight excluding hydrogens is 384 g/mol. The zero-order valence-corrected chi connectivity index (χ0v) is 16.4. The van der Waals surface area contributed by atoms with Crippen molar-refractivity contribution in [1.29, 1.82) is 0 Å². The molecule has 0 spiro atoms. The van der Waals surface area contributed by atoms with Gasteiger partial charge in [-0.2, -0.15) is 0 Å². The average Bonchev–Trinajstić information content (AvgIpc) is 3.28. The number of carbonyl (C=O) groups excluding carboxylic acids is 1. The summed E-state index contributed by atoms with van der Waals surface area (Å²) in [6, 6.07) is 12.5. The van der Waals surface area contributed by atoms with E-state index in [-0.39, 0.29) is 18.9 Å². The highest BCUT2D eigenvalue weighted by atomic mass is 16.2. The largest absolute Gasteiger partial charge is 0.355 e. The maximum Gasteiger partial charge on any atom is 0.328 e. The van der Waals surface area contributed by atoms with Gasteiger partial charge >= 0.3 is 5.69 Å². The van der Waals surface area contributed by atoms with Crippen LogP contribution >= 0.6 is 0 Å². The maximum atomic E-state index is 12.3. The molecule has 2 N–H and O–H groups in total. The molecular formula is C21H22N6O3. The van der Waals surface area contributed by atoms with Crippen LogP contribution in [0.15, 0.2) is 58.3 Å². The molecule has 3 heterocycles. The van der Waals surface area contributed by atoms with Crippen molar-refractivity contribution in [2.24, 2.45) is 0 Å². The van der Waals surface area contributed by atoms with Gasteiger partial charge in [0.15, 0.2) is 5.82 Å². The molecule has 4 rings (SSSR count). The topological polar surface area (TPSA) is 113 Å².